The van der Waals surface area contributed by atoms with E-state index < -0.39 is 28.7 Å². The van der Waals surface area contributed by atoms with Crippen molar-refractivity contribution in [1.29, 1.82) is 0 Å². The molecule has 0 aliphatic carbocycles. The molecular weight excluding hydrogens is 230 g/mol. The first-order valence-corrected chi connectivity index (χ1v) is 4.25. The maximum atomic E-state index is 12.6. The van der Waals surface area contributed by atoms with E-state index in [-0.39, 0.29) is 12.1 Å². The van der Waals surface area contributed by atoms with Gasteiger partial charge in [0.05, 0.1) is 0 Å². The fourth-order valence-electron chi connectivity index (χ4n) is 1.16. The molecule has 1 heterocycles. The van der Waals surface area contributed by atoms with Crippen LogP contribution in [-0.2, 0) is 6.54 Å². The van der Waals surface area contributed by atoms with Crippen molar-refractivity contribution in [2.75, 3.05) is 0 Å². The van der Waals surface area contributed by atoms with E-state index in [1.54, 1.807) is 0 Å². The van der Waals surface area contributed by atoms with E-state index >= 15 is 0 Å². The van der Waals surface area contributed by atoms with Crippen LogP contribution in [0.3, 0.4) is 0 Å². The summed E-state index contributed by atoms with van der Waals surface area (Å²) in [6.07, 6.45) is -1.90. The molecule has 0 amide bonds. The van der Waals surface area contributed by atoms with Crippen molar-refractivity contribution in [1.82, 2.24) is 4.98 Å². The molecule has 7 heteroatoms. The molecule has 0 saturated heterocycles. The number of alkyl halides is 2. The molecule has 4 nitrogen and oxygen atoms in total. The lowest BCUT2D eigenvalue weighted by molar-refractivity contribution is 0.0683. The van der Waals surface area contributed by atoms with Gasteiger partial charge in [0.25, 0.3) is 6.43 Å². The minimum Gasteiger partial charge on any atom is -0.478 e. The number of pyridine rings is 1. The van der Waals surface area contributed by atoms with E-state index in [2.05, 4.69) is 4.98 Å². The smallest absolute Gasteiger partial charge is 0.339 e. The van der Waals surface area contributed by atoms with Crippen molar-refractivity contribution in [2.24, 2.45) is 5.73 Å². The fraction of sp³-hybridized carbons (Fsp3) is 0.250. The van der Waals surface area contributed by atoms with Crippen molar-refractivity contribution in [3.63, 3.8) is 0 Å². The molecule has 15 heavy (non-hydrogen) atoms. The van der Waals surface area contributed by atoms with Gasteiger partial charge in [-0.25, -0.2) is 18.6 Å². The Balaban J connectivity index is 3.51. The van der Waals surface area contributed by atoms with Gasteiger partial charge >= 0.3 is 5.97 Å². The summed E-state index contributed by atoms with van der Waals surface area (Å²) < 4.78 is 25.2. The van der Waals surface area contributed by atoms with Crippen molar-refractivity contribution in [3.05, 3.63) is 28.0 Å². The molecule has 0 fully saturated rings. The van der Waals surface area contributed by atoms with E-state index in [0.29, 0.717) is 0 Å². The van der Waals surface area contributed by atoms with Crippen molar-refractivity contribution < 1.29 is 18.7 Å². The van der Waals surface area contributed by atoms with E-state index in [9.17, 15) is 13.6 Å². The Labute approximate surface area is 88.7 Å². The van der Waals surface area contributed by atoms with Gasteiger partial charge in [0.15, 0.2) is 0 Å². The van der Waals surface area contributed by atoms with Gasteiger partial charge in [-0.2, -0.15) is 0 Å². The Hall–Kier alpha value is -1.27. The third kappa shape index (κ3) is 2.21. The zero-order valence-corrected chi connectivity index (χ0v) is 8.13. The minimum atomic E-state index is -2.95. The van der Waals surface area contributed by atoms with Crippen LogP contribution >= 0.6 is 11.6 Å². The fourth-order valence-corrected chi connectivity index (χ4v) is 1.39. The maximum absolute atomic E-state index is 12.6. The molecule has 1 rings (SSSR count). The van der Waals surface area contributed by atoms with Gasteiger partial charge in [-0.3, -0.25) is 0 Å². The number of hydrogen-bond acceptors (Lipinski definition) is 3. The number of rotatable bonds is 3. The maximum Gasteiger partial charge on any atom is 0.339 e. The van der Waals surface area contributed by atoms with Gasteiger partial charge in [0.2, 0.25) is 0 Å². The molecule has 82 valence electrons. The van der Waals surface area contributed by atoms with Gasteiger partial charge in [-0.05, 0) is 5.56 Å². The highest BCUT2D eigenvalue weighted by Gasteiger charge is 2.25. The van der Waals surface area contributed by atoms with Crippen LogP contribution in [0.25, 0.3) is 0 Å². The topological polar surface area (TPSA) is 76.2 Å². The zero-order valence-electron chi connectivity index (χ0n) is 7.38. The third-order valence-electron chi connectivity index (χ3n) is 1.81. The number of halogens is 3. The summed E-state index contributed by atoms with van der Waals surface area (Å²) in [5, 5.41) is 8.25. The monoisotopic (exact) mass is 236 g/mol. The highest BCUT2D eigenvalue weighted by molar-refractivity contribution is 6.32. The molecule has 0 unspecified atom stereocenters. The number of carboxylic acid groups (broad SMARTS) is 1. The van der Waals surface area contributed by atoms with Gasteiger partial charge in [-0.1, -0.05) is 11.6 Å². The Morgan fingerprint density at radius 2 is 2.27 bits per heavy atom. The molecule has 0 bridgehead atoms. The van der Waals surface area contributed by atoms with Crippen LogP contribution in [-0.4, -0.2) is 16.1 Å². The van der Waals surface area contributed by atoms with Crippen molar-refractivity contribution in [3.8, 4) is 0 Å². The van der Waals surface area contributed by atoms with Gasteiger partial charge in [0.1, 0.15) is 10.7 Å². The summed E-state index contributed by atoms with van der Waals surface area (Å²) >= 11 is 5.43. The molecular formula is C8H7ClF2N2O2. The first kappa shape index (κ1) is 11.8. The average molecular weight is 237 g/mol. The predicted molar refractivity (Wildman–Crippen MR) is 49.1 cm³/mol. The normalized spacial score (nSPS) is 10.7. The SMILES string of the molecule is NCc1cnc(Cl)c(C(=O)O)c1C(F)F. The summed E-state index contributed by atoms with van der Waals surface area (Å²) in [5.74, 6) is -1.54. The van der Waals surface area contributed by atoms with E-state index in [4.69, 9.17) is 22.4 Å². The Morgan fingerprint density at radius 1 is 1.67 bits per heavy atom. The van der Waals surface area contributed by atoms with Crippen LogP contribution in [0.15, 0.2) is 6.20 Å². The lowest BCUT2D eigenvalue weighted by Gasteiger charge is -2.10. The van der Waals surface area contributed by atoms with Crippen LogP contribution in [0.1, 0.15) is 27.9 Å². The molecule has 0 aromatic carbocycles. The summed E-state index contributed by atoms with van der Waals surface area (Å²) in [6.45, 7) is -0.218. The number of hydrogen-bond donors (Lipinski definition) is 2. The largest absolute Gasteiger partial charge is 0.478 e. The molecule has 3 N–H and O–H groups in total. The van der Waals surface area contributed by atoms with Crippen molar-refractivity contribution in [2.45, 2.75) is 13.0 Å². The molecule has 0 spiro atoms. The molecule has 1 aromatic heterocycles. The predicted octanol–water partition coefficient (Wildman–Crippen LogP) is 1.83. The van der Waals surface area contributed by atoms with Crippen molar-refractivity contribution >= 4 is 17.6 Å². The van der Waals surface area contributed by atoms with Crippen LogP contribution in [0, 0.1) is 0 Å². The number of aromatic carboxylic acids is 1. The third-order valence-corrected chi connectivity index (χ3v) is 2.09. The Bertz CT molecular complexity index is 398. The second-order valence-electron chi connectivity index (χ2n) is 2.67. The first-order valence-electron chi connectivity index (χ1n) is 3.87. The molecule has 0 radical (unpaired) electrons. The minimum absolute atomic E-state index is 0.0215. The lowest BCUT2D eigenvalue weighted by Crippen LogP contribution is -2.11. The summed E-state index contributed by atoms with van der Waals surface area (Å²) in [5.41, 5.74) is 3.83. The van der Waals surface area contributed by atoms with Crippen LogP contribution in [0.2, 0.25) is 5.15 Å². The average Bonchev–Trinajstić information content (AvgIpc) is 2.16. The van der Waals surface area contributed by atoms with E-state index in [1.165, 1.54) is 0 Å². The van der Waals surface area contributed by atoms with Crippen LogP contribution in [0.5, 0.6) is 0 Å². The highest BCUT2D eigenvalue weighted by atomic mass is 35.5. The first-order chi connectivity index (χ1) is 6.99. The Kier molecular flexibility index (Phi) is 3.54. The highest BCUT2D eigenvalue weighted by Crippen LogP contribution is 2.30. The molecule has 0 aliphatic rings. The Morgan fingerprint density at radius 3 is 2.67 bits per heavy atom. The standard InChI is InChI=1S/C8H7ClF2N2O2/c9-6-5(8(14)15)4(7(10)11)3(1-12)2-13-6/h2,7H,1,12H2,(H,14,15). The number of carbonyl (C=O) groups is 1. The summed E-state index contributed by atoms with van der Waals surface area (Å²) in [7, 11) is 0. The van der Waals surface area contributed by atoms with Crippen LogP contribution in [0.4, 0.5) is 8.78 Å². The number of nitrogens with zero attached hydrogens (tertiary/aromatic N) is 1. The second kappa shape index (κ2) is 4.50. The number of aromatic nitrogens is 1. The molecule has 0 atom stereocenters. The van der Waals surface area contributed by atoms with E-state index in [0.717, 1.165) is 6.20 Å². The quantitative estimate of drug-likeness (QED) is 0.785. The summed E-state index contributed by atoms with van der Waals surface area (Å²) in [4.78, 5) is 14.2. The van der Waals surface area contributed by atoms with Crippen LogP contribution < -0.4 is 5.73 Å². The molecule has 1 aromatic rings. The molecule has 0 saturated carbocycles. The molecule has 0 aliphatic heterocycles. The van der Waals surface area contributed by atoms with Gasteiger partial charge in [-0.15, -0.1) is 0 Å². The zero-order chi connectivity index (χ0) is 11.6. The number of carboxylic acids is 1. The van der Waals surface area contributed by atoms with Gasteiger partial charge < -0.3 is 10.8 Å². The van der Waals surface area contributed by atoms with Gasteiger partial charge in [0, 0.05) is 18.3 Å². The van der Waals surface area contributed by atoms with E-state index in [1.807, 2.05) is 0 Å². The summed E-state index contributed by atoms with van der Waals surface area (Å²) in [6, 6.07) is 0. The number of nitrogens with two attached hydrogens (primary N) is 1. The lowest BCUT2D eigenvalue weighted by atomic mass is 10.1. The second-order valence-corrected chi connectivity index (χ2v) is 3.03.